The SMILES string of the molecule is COc1ccc(OP(O)O)cc1.NC(CO)(CO)CO. The molecule has 0 bridgehead atoms. The molecular weight excluding hydrogens is 289 g/mol. The van der Waals surface area contributed by atoms with E-state index in [1.807, 2.05) is 0 Å². The number of benzene rings is 1. The van der Waals surface area contributed by atoms with Gasteiger partial charge in [-0.3, -0.25) is 0 Å². The topological polar surface area (TPSA) is 146 Å². The highest BCUT2D eigenvalue weighted by Gasteiger charge is 2.20. The van der Waals surface area contributed by atoms with Gasteiger partial charge in [-0.25, -0.2) is 0 Å². The quantitative estimate of drug-likeness (QED) is 0.365. The lowest BCUT2D eigenvalue weighted by Crippen LogP contribution is -2.50. The van der Waals surface area contributed by atoms with Crippen molar-refractivity contribution in [2.45, 2.75) is 5.54 Å². The number of hydrogen-bond donors (Lipinski definition) is 6. The van der Waals surface area contributed by atoms with Crippen LogP contribution in [0.25, 0.3) is 0 Å². The molecule has 1 aromatic carbocycles. The molecule has 0 unspecified atom stereocenters. The number of rotatable bonds is 6. The molecule has 8 nitrogen and oxygen atoms in total. The van der Waals surface area contributed by atoms with Gasteiger partial charge in [0, 0.05) is 0 Å². The Balaban J connectivity index is 0.000000396. The van der Waals surface area contributed by atoms with Crippen molar-refractivity contribution in [3.63, 3.8) is 0 Å². The standard InChI is InChI=1S/C7H9O4P.C4H11NO3/c1-10-6-2-4-7(5-3-6)11-12(8)9;5-4(1-6,2-7)3-8/h2-5,8-9H,1H3;6-8H,1-3,5H2. The van der Waals surface area contributed by atoms with Crippen molar-refractivity contribution in [2.24, 2.45) is 5.73 Å². The Morgan fingerprint density at radius 1 is 1.00 bits per heavy atom. The smallest absolute Gasteiger partial charge is 0.391 e. The van der Waals surface area contributed by atoms with Gasteiger partial charge in [0.15, 0.2) is 0 Å². The van der Waals surface area contributed by atoms with Gasteiger partial charge in [-0.1, -0.05) is 0 Å². The molecule has 20 heavy (non-hydrogen) atoms. The number of ether oxygens (including phenoxy) is 1. The van der Waals surface area contributed by atoms with Gasteiger partial charge in [0.05, 0.1) is 32.5 Å². The van der Waals surface area contributed by atoms with Crippen LogP contribution in [0, 0.1) is 0 Å². The second-order valence-corrected chi connectivity index (χ2v) is 4.54. The van der Waals surface area contributed by atoms with Crippen LogP contribution in [-0.2, 0) is 0 Å². The van der Waals surface area contributed by atoms with E-state index in [2.05, 4.69) is 4.52 Å². The highest BCUT2D eigenvalue weighted by molar-refractivity contribution is 7.39. The third-order valence-electron chi connectivity index (χ3n) is 2.19. The van der Waals surface area contributed by atoms with E-state index >= 15 is 0 Å². The molecule has 7 N–H and O–H groups in total. The van der Waals surface area contributed by atoms with Crippen LogP contribution in [0.4, 0.5) is 0 Å². The molecule has 0 heterocycles. The summed E-state index contributed by atoms with van der Waals surface area (Å²) >= 11 is 0. The molecule has 0 saturated carbocycles. The Hall–Kier alpha value is -0.990. The van der Waals surface area contributed by atoms with Crippen LogP contribution < -0.4 is 15.0 Å². The fourth-order valence-corrected chi connectivity index (χ4v) is 1.19. The van der Waals surface area contributed by atoms with E-state index in [9.17, 15) is 0 Å². The van der Waals surface area contributed by atoms with Gasteiger partial charge in [-0.2, -0.15) is 0 Å². The van der Waals surface area contributed by atoms with Crippen molar-refractivity contribution in [3.8, 4) is 11.5 Å². The number of aliphatic hydroxyl groups is 3. The average molecular weight is 309 g/mol. The van der Waals surface area contributed by atoms with E-state index < -0.39 is 34.0 Å². The van der Waals surface area contributed by atoms with E-state index in [1.165, 1.54) is 0 Å². The predicted molar refractivity (Wildman–Crippen MR) is 73.2 cm³/mol. The highest BCUT2D eigenvalue weighted by atomic mass is 31.2. The normalized spacial score (nSPS) is 10.8. The van der Waals surface area contributed by atoms with Gasteiger partial charge in [-0.05, 0) is 24.3 Å². The molecule has 0 atom stereocenters. The van der Waals surface area contributed by atoms with Gasteiger partial charge in [0.25, 0.3) is 0 Å². The molecule has 9 heteroatoms. The summed E-state index contributed by atoms with van der Waals surface area (Å²) in [5.74, 6) is 1.11. The van der Waals surface area contributed by atoms with Crippen molar-refractivity contribution >= 4 is 8.60 Å². The first-order valence-electron chi connectivity index (χ1n) is 5.52. The van der Waals surface area contributed by atoms with E-state index in [4.69, 9.17) is 35.6 Å². The van der Waals surface area contributed by atoms with Gasteiger partial charge in [0.1, 0.15) is 11.5 Å². The molecular formula is C11H20NO7P. The molecule has 0 aliphatic carbocycles. The number of aliphatic hydroxyl groups excluding tert-OH is 3. The highest BCUT2D eigenvalue weighted by Crippen LogP contribution is 2.29. The summed E-state index contributed by atoms with van der Waals surface area (Å²) in [6.45, 7) is -1.21. The van der Waals surface area contributed by atoms with Crippen LogP contribution in [0.2, 0.25) is 0 Å². The fourth-order valence-electron chi connectivity index (χ4n) is 0.881. The minimum absolute atomic E-state index is 0.403. The fraction of sp³-hybridized carbons (Fsp3) is 0.455. The van der Waals surface area contributed by atoms with Gasteiger partial charge in [0.2, 0.25) is 0 Å². The molecule has 0 saturated heterocycles. The Morgan fingerprint density at radius 3 is 1.65 bits per heavy atom. The zero-order chi connectivity index (χ0) is 15.6. The molecule has 0 aliphatic heterocycles. The monoisotopic (exact) mass is 309 g/mol. The van der Waals surface area contributed by atoms with E-state index in [0.717, 1.165) is 0 Å². The van der Waals surface area contributed by atoms with Gasteiger partial charge >= 0.3 is 8.60 Å². The summed E-state index contributed by atoms with van der Waals surface area (Å²) < 4.78 is 9.53. The summed E-state index contributed by atoms with van der Waals surface area (Å²) in [5, 5.41) is 25.0. The lowest BCUT2D eigenvalue weighted by molar-refractivity contribution is 0.0697. The Bertz CT molecular complexity index is 348. The summed E-state index contributed by atoms with van der Waals surface area (Å²) in [6.07, 6.45) is 0. The molecule has 0 fully saturated rings. The zero-order valence-electron chi connectivity index (χ0n) is 11.0. The maximum atomic E-state index is 8.50. The van der Waals surface area contributed by atoms with E-state index in [0.29, 0.717) is 11.5 Å². The van der Waals surface area contributed by atoms with Crippen LogP contribution in [0.1, 0.15) is 0 Å². The number of nitrogens with two attached hydrogens (primary N) is 1. The summed E-state index contributed by atoms with van der Waals surface area (Å²) in [5.41, 5.74) is 3.94. The van der Waals surface area contributed by atoms with Crippen LogP contribution in [0.5, 0.6) is 11.5 Å². The molecule has 116 valence electrons. The third-order valence-corrected chi connectivity index (χ3v) is 2.57. The largest absolute Gasteiger partial charge is 0.497 e. The molecule has 0 radical (unpaired) electrons. The van der Waals surface area contributed by atoms with Crippen molar-refractivity contribution in [2.75, 3.05) is 26.9 Å². The van der Waals surface area contributed by atoms with Crippen molar-refractivity contribution in [1.29, 1.82) is 0 Å². The Morgan fingerprint density at radius 2 is 1.40 bits per heavy atom. The summed E-state index contributed by atoms with van der Waals surface area (Å²) in [7, 11) is -0.775. The van der Waals surface area contributed by atoms with Crippen LogP contribution in [0.3, 0.4) is 0 Å². The minimum atomic E-state index is -2.33. The number of methoxy groups -OCH3 is 1. The van der Waals surface area contributed by atoms with Crippen molar-refractivity contribution < 1.29 is 34.4 Å². The second-order valence-electron chi connectivity index (χ2n) is 3.86. The molecule has 0 spiro atoms. The van der Waals surface area contributed by atoms with E-state index in [-0.39, 0.29) is 0 Å². The van der Waals surface area contributed by atoms with Gasteiger partial charge < -0.3 is 40.1 Å². The molecule has 1 aromatic rings. The van der Waals surface area contributed by atoms with Crippen LogP contribution >= 0.6 is 8.60 Å². The first-order chi connectivity index (χ1) is 9.40. The third kappa shape index (κ3) is 7.56. The lowest BCUT2D eigenvalue weighted by Gasteiger charge is -2.20. The summed E-state index contributed by atoms with van der Waals surface area (Å²) in [4.78, 5) is 17.0. The summed E-state index contributed by atoms with van der Waals surface area (Å²) in [6, 6.07) is 6.55. The van der Waals surface area contributed by atoms with Crippen LogP contribution in [-0.4, -0.2) is 57.6 Å². The average Bonchev–Trinajstić information content (AvgIpc) is 2.47. The second kappa shape index (κ2) is 9.84. The minimum Gasteiger partial charge on any atom is -0.497 e. The van der Waals surface area contributed by atoms with Crippen molar-refractivity contribution in [1.82, 2.24) is 0 Å². The first-order valence-corrected chi connectivity index (χ1v) is 6.68. The molecule has 0 aliphatic rings. The van der Waals surface area contributed by atoms with E-state index in [1.54, 1.807) is 31.4 Å². The molecule has 1 rings (SSSR count). The van der Waals surface area contributed by atoms with Crippen molar-refractivity contribution in [3.05, 3.63) is 24.3 Å². The zero-order valence-corrected chi connectivity index (χ0v) is 11.9. The Labute approximate surface area is 118 Å². The molecule has 0 amide bonds. The predicted octanol–water partition coefficient (Wildman–Crippen LogP) is -1.05. The van der Waals surface area contributed by atoms with Crippen LogP contribution in [0.15, 0.2) is 24.3 Å². The first kappa shape index (κ1) is 19.0. The maximum absolute atomic E-state index is 8.50. The lowest BCUT2D eigenvalue weighted by atomic mass is 10.1. The maximum Gasteiger partial charge on any atom is 0.391 e. The Kier molecular flexibility index (Phi) is 9.35. The van der Waals surface area contributed by atoms with Gasteiger partial charge in [-0.15, -0.1) is 0 Å². The molecule has 0 aromatic heterocycles. The number of hydrogen-bond acceptors (Lipinski definition) is 8.